The van der Waals surface area contributed by atoms with Crippen molar-refractivity contribution in [2.24, 2.45) is 0 Å². The molecule has 0 bridgehead atoms. The zero-order valence-corrected chi connectivity index (χ0v) is 16.0. The van der Waals surface area contributed by atoms with Gasteiger partial charge in [-0.3, -0.25) is 0 Å². The van der Waals surface area contributed by atoms with Crippen molar-refractivity contribution in [1.82, 2.24) is 0 Å². The molecule has 0 aliphatic carbocycles. The minimum Gasteiger partial charge on any atom is -0.423 e. The minimum atomic E-state index is -5.06. The second-order valence-corrected chi connectivity index (χ2v) is 6.53. The topological polar surface area (TPSA) is 56.5 Å². The highest BCUT2D eigenvalue weighted by atomic mass is 35.5. The van der Waals surface area contributed by atoms with Crippen LogP contribution >= 0.6 is 11.6 Å². The molecule has 0 saturated heterocycles. The molecule has 3 aromatic rings. The molecule has 0 amide bonds. The smallest absolute Gasteiger partial charge is 0.423 e. The van der Waals surface area contributed by atoms with E-state index in [2.05, 4.69) is 4.18 Å². The van der Waals surface area contributed by atoms with Gasteiger partial charge in [-0.25, -0.2) is 13.4 Å². The second-order valence-electron chi connectivity index (χ2n) is 5.03. The Balaban J connectivity index is 0.00000136. The summed E-state index contributed by atoms with van der Waals surface area (Å²) in [5.41, 5.74) is -5.34. The summed E-state index contributed by atoms with van der Waals surface area (Å²) in [6, 6.07) is 8.13. The highest BCUT2D eigenvalue weighted by Crippen LogP contribution is 2.34. The third kappa shape index (κ3) is 4.90. The van der Waals surface area contributed by atoms with E-state index in [-0.39, 0.29) is 10.6 Å². The van der Waals surface area contributed by atoms with E-state index < -0.39 is 33.8 Å². The Morgan fingerprint density at radius 2 is 1.71 bits per heavy atom. The van der Waals surface area contributed by atoms with Crippen LogP contribution in [0.2, 0.25) is 5.02 Å². The van der Waals surface area contributed by atoms with Crippen molar-refractivity contribution >= 4 is 33.7 Å². The first-order valence-electron chi connectivity index (χ1n) is 7.85. The van der Waals surface area contributed by atoms with Crippen molar-refractivity contribution in [3.8, 4) is 16.9 Å². The van der Waals surface area contributed by atoms with Gasteiger partial charge < -0.3 is 8.60 Å². The molecule has 10 heteroatoms. The number of hydrogen-bond acceptors (Lipinski definition) is 4. The Morgan fingerprint density at radius 3 is 2.32 bits per heavy atom. The Morgan fingerprint density at radius 1 is 1.04 bits per heavy atom. The lowest BCUT2D eigenvalue weighted by atomic mass is 10.0. The molecule has 0 radical (unpaired) electrons. The Labute approximate surface area is 164 Å². The predicted octanol–water partition coefficient (Wildman–Crippen LogP) is 5.84. The SMILES string of the molecule is CC.O=c1cc(-c2ccc(F)cc2Cl)c2ccc(OS(=O)C(F)(F)F)cc2o1. The van der Waals surface area contributed by atoms with Crippen LogP contribution in [0.4, 0.5) is 17.6 Å². The first-order valence-corrected chi connectivity index (χ1v) is 9.31. The first-order chi connectivity index (χ1) is 13.1. The second kappa shape index (κ2) is 8.74. The number of fused-ring (bicyclic) bond motifs is 1. The van der Waals surface area contributed by atoms with Crippen LogP contribution in [0.1, 0.15) is 13.8 Å². The predicted molar refractivity (Wildman–Crippen MR) is 99.1 cm³/mol. The molecule has 0 aliphatic heterocycles. The number of rotatable bonds is 3. The van der Waals surface area contributed by atoms with Crippen LogP contribution in [0.3, 0.4) is 0 Å². The largest absolute Gasteiger partial charge is 0.508 e. The monoisotopic (exact) mass is 436 g/mol. The lowest BCUT2D eigenvalue weighted by Crippen LogP contribution is -2.20. The minimum absolute atomic E-state index is 0.0374. The molecular weight excluding hydrogens is 424 g/mol. The van der Waals surface area contributed by atoms with Gasteiger partial charge in [-0.2, -0.15) is 13.2 Å². The van der Waals surface area contributed by atoms with E-state index >= 15 is 0 Å². The summed E-state index contributed by atoms with van der Waals surface area (Å²) in [6.45, 7) is 4.00. The lowest BCUT2D eigenvalue weighted by Gasteiger charge is -2.10. The molecule has 2 aromatic carbocycles. The third-order valence-corrected chi connectivity index (χ3v) is 4.33. The number of halogens is 5. The zero-order valence-electron chi connectivity index (χ0n) is 14.5. The quantitative estimate of drug-likeness (QED) is 0.382. The number of benzene rings is 2. The molecule has 0 fully saturated rings. The van der Waals surface area contributed by atoms with Crippen LogP contribution in [0.15, 0.2) is 51.7 Å². The van der Waals surface area contributed by atoms with Crippen LogP contribution in [0, 0.1) is 5.82 Å². The summed E-state index contributed by atoms with van der Waals surface area (Å²) in [5.74, 6) is -0.977. The van der Waals surface area contributed by atoms with Crippen molar-refractivity contribution in [2.45, 2.75) is 19.4 Å². The Bertz CT molecular complexity index is 1080. The summed E-state index contributed by atoms with van der Waals surface area (Å²) in [4.78, 5) is 11.8. The first kappa shape index (κ1) is 21.9. The Kier molecular flexibility index (Phi) is 6.84. The molecule has 0 spiro atoms. The zero-order chi connectivity index (χ0) is 21.1. The normalized spacial score (nSPS) is 12.2. The molecule has 1 heterocycles. The maximum Gasteiger partial charge on any atom is 0.508 e. The summed E-state index contributed by atoms with van der Waals surface area (Å²) in [5, 5.41) is 0.360. The van der Waals surface area contributed by atoms with E-state index in [0.717, 1.165) is 30.3 Å². The van der Waals surface area contributed by atoms with Gasteiger partial charge in [-0.05, 0) is 30.3 Å². The fourth-order valence-electron chi connectivity index (χ4n) is 2.26. The number of alkyl halides is 3. The molecule has 0 N–H and O–H groups in total. The van der Waals surface area contributed by atoms with Gasteiger partial charge in [-0.15, -0.1) is 0 Å². The third-order valence-electron chi connectivity index (χ3n) is 3.30. The van der Waals surface area contributed by atoms with Gasteiger partial charge in [0.1, 0.15) is 17.1 Å². The average Bonchev–Trinajstić information content (AvgIpc) is 2.61. The van der Waals surface area contributed by atoms with E-state index in [4.69, 9.17) is 16.0 Å². The molecule has 0 aliphatic rings. The summed E-state index contributed by atoms with van der Waals surface area (Å²) in [7, 11) is 0. The molecule has 1 unspecified atom stereocenters. The summed E-state index contributed by atoms with van der Waals surface area (Å²) >= 11 is 2.44. The van der Waals surface area contributed by atoms with Crippen LogP contribution in [0.5, 0.6) is 5.75 Å². The lowest BCUT2D eigenvalue weighted by molar-refractivity contribution is -0.0437. The summed E-state index contributed by atoms with van der Waals surface area (Å²) < 4.78 is 70.5. The summed E-state index contributed by atoms with van der Waals surface area (Å²) in [6.07, 6.45) is 0. The molecule has 1 aromatic heterocycles. The fourth-order valence-corrected chi connectivity index (χ4v) is 2.90. The van der Waals surface area contributed by atoms with E-state index in [1.165, 1.54) is 12.1 Å². The van der Waals surface area contributed by atoms with Gasteiger partial charge in [0, 0.05) is 28.6 Å². The molecule has 1 atom stereocenters. The van der Waals surface area contributed by atoms with E-state index in [0.29, 0.717) is 16.5 Å². The molecule has 150 valence electrons. The maximum atomic E-state index is 13.2. The van der Waals surface area contributed by atoms with Gasteiger partial charge in [0.05, 0.1) is 5.02 Å². The van der Waals surface area contributed by atoms with Crippen molar-refractivity contribution in [3.63, 3.8) is 0 Å². The Hall–Kier alpha value is -2.39. The van der Waals surface area contributed by atoms with Crippen LogP contribution in [-0.4, -0.2) is 9.72 Å². The van der Waals surface area contributed by atoms with Crippen LogP contribution in [0.25, 0.3) is 22.1 Å². The molecule has 4 nitrogen and oxygen atoms in total. The van der Waals surface area contributed by atoms with Crippen LogP contribution in [-0.2, 0) is 11.1 Å². The fraction of sp³-hybridized carbons (Fsp3) is 0.167. The van der Waals surface area contributed by atoms with Crippen molar-refractivity contribution in [3.05, 3.63) is 63.7 Å². The van der Waals surface area contributed by atoms with Gasteiger partial charge in [0.25, 0.3) is 0 Å². The van der Waals surface area contributed by atoms with Crippen molar-refractivity contribution in [2.75, 3.05) is 0 Å². The van der Waals surface area contributed by atoms with Crippen LogP contribution < -0.4 is 9.81 Å². The van der Waals surface area contributed by atoms with Gasteiger partial charge in [-0.1, -0.05) is 25.4 Å². The van der Waals surface area contributed by atoms with E-state index in [9.17, 15) is 26.6 Å². The van der Waals surface area contributed by atoms with E-state index in [1.54, 1.807) is 0 Å². The van der Waals surface area contributed by atoms with Gasteiger partial charge in [0.2, 0.25) is 0 Å². The van der Waals surface area contributed by atoms with Gasteiger partial charge >= 0.3 is 22.2 Å². The van der Waals surface area contributed by atoms with E-state index in [1.807, 2.05) is 13.8 Å². The average molecular weight is 437 g/mol. The maximum absolute atomic E-state index is 13.2. The molecule has 28 heavy (non-hydrogen) atoms. The standard InChI is InChI=1S/C16H7ClF4O4S.C2H6/c17-13-5-8(18)1-3-10(13)12-7-15(22)24-14-6-9(2-4-11(12)14)25-26(23)16(19,20)21;1-2/h1-7H;1-2H3. The molecule has 3 rings (SSSR count). The highest BCUT2D eigenvalue weighted by molar-refractivity contribution is 7.81. The van der Waals surface area contributed by atoms with Gasteiger partial charge in [0.15, 0.2) is 0 Å². The van der Waals surface area contributed by atoms with Crippen molar-refractivity contribution < 1.29 is 30.4 Å². The highest BCUT2D eigenvalue weighted by Gasteiger charge is 2.40. The van der Waals surface area contributed by atoms with Crippen molar-refractivity contribution in [1.29, 1.82) is 0 Å². The molecule has 0 saturated carbocycles. The molecular formula is C18H13ClF4O4S. The number of hydrogen-bond donors (Lipinski definition) is 0.